The van der Waals surface area contributed by atoms with Crippen molar-refractivity contribution in [3.8, 4) is 0 Å². The van der Waals surface area contributed by atoms with E-state index >= 15 is 0 Å². The van der Waals surface area contributed by atoms with Crippen LogP contribution in [0.5, 0.6) is 0 Å². The van der Waals surface area contributed by atoms with Crippen LogP contribution in [-0.4, -0.2) is 45.4 Å². The van der Waals surface area contributed by atoms with Crippen molar-refractivity contribution in [2.24, 2.45) is 22.2 Å². The molecule has 0 spiro atoms. The monoisotopic (exact) mass is 523 g/mol. The molecule has 120 valence electrons. The molecule has 0 aliphatic heterocycles. The van der Waals surface area contributed by atoms with Gasteiger partial charge in [-0.25, -0.2) is 0 Å². The molecule has 3 aliphatic carbocycles. The number of allylic oxidation sites excluding steroid dienone is 1. The van der Waals surface area contributed by atoms with Crippen LogP contribution < -0.4 is 0 Å². The third-order valence-corrected chi connectivity index (χ3v) is 6.85. The van der Waals surface area contributed by atoms with Gasteiger partial charge in [-0.15, -0.1) is 0 Å². The maximum Gasteiger partial charge on any atom is -0.153 e. The Kier molecular flexibility index (Phi) is 7.94. The van der Waals surface area contributed by atoms with Crippen molar-refractivity contribution in [1.82, 2.24) is 0 Å². The van der Waals surface area contributed by atoms with E-state index in [0.717, 1.165) is 13.0 Å². The fourth-order valence-electron chi connectivity index (χ4n) is 4.58. The van der Waals surface area contributed by atoms with E-state index in [-0.39, 0.29) is 40.2 Å². The molecular formula is C15H27O3PSTl-. The minimum absolute atomic E-state index is 0. The van der Waals surface area contributed by atoms with Gasteiger partial charge in [0.15, 0.2) is 0 Å². The maximum atomic E-state index is 11.6. The number of esters is 1. The molecule has 3 fully saturated rings. The van der Waals surface area contributed by atoms with Crippen molar-refractivity contribution in [3.63, 3.8) is 0 Å². The van der Waals surface area contributed by atoms with E-state index in [1.165, 1.54) is 6.42 Å². The Bertz CT molecular complexity index is 416. The second kappa shape index (κ2) is 7.63. The van der Waals surface area contributed by atoms with E-state index in [1.54, 1.807) is 6.08 Å². The van der Waals surface area contributed by atoms with E-state index in [2.05, 4.69) is 26.8 Å². The zero-order valence-corrected chi connectivity index (χ0v) is 20.3. The molecule has 3 aliphatic rings. The first-order valence-corrected chi connectivity index (χ1v) is 8.86. The number of ether oxygens (including phenoxy) is 1. The number of rotatable bonds is 5. The average molecular weight is 523 g/mol. The second-order valence-electron chi connectivity index (χ2n) is 6.55. The molecule has 3 rings (SSSR count). The van der Waals surface area contributed by atoms with Gasteiger partial charge in [0.25, 0.3) is 0 Å². The minimum Gasteiger partial charge on any atom is -0.813 e. The standard InChI is InChI=1S/C15H23O3.H3P.H2S.Tl/c1-5-18-12(17)6-7-15-9-8-14(4,11(15)10-16)13(15,2)3;;;/h6-7,11H,5,8-10H2,1-4H3;1H3;1H2;/q-1;;;+1/p-1/b7-6+;;;/t11-,14-,15?;;;/m0.../s1. The first kappa shape index (κ1) is 21.9. The summed E-state index contributed by atoms with van der Waals surface area (Å²) in [6.07, 6.45) is 6.14. The largest absolute Gasteiger partial charge is 0.813 e. The molecule has 3 nitrogen and oxygen atoms in total. The maximum absolute atomic E-state index is 11.6. The summed E-state index contributed by atoms with van der Waals surface area (Å²) >= 11 is 0.586. The van der Waals surface area contributed by atoms with Gasteiger partial charge >= 0.3 is 132 Å². The zero-order valence-electron chi connectivity index (χ0n) is 13.5. The van der Waals surface area contributed by atoms with Crippen molar-refractivity contribution in [1.29, 1.82) is 0 Å². The second-order valence-corrected chi connectivity index (χ2v) is 7.85. The molecule has 2 bridgehead atoms. The quantitative estimate of drug-likeness (QED) is 0.139. The van der Waals surface area contributed by atoms with Gasteiger partial charge in [0, 0.05) is 0 Å². The summed E-state index contributed by atoms with van der Waals surface area (Å²) in [6, 6.07) is 0. The smallest absolute Gasteiger partial charge is 0.153 e. The van der Waals surface area contributed by atoms with E-state index in [4.69, 9.17) is 7.42 Å². The van der Waals surface area contributed by atoms with Gasteiger partial charge in [0.1, 0.15) is 0 Å². The third kappa shape index (κ3) is 2.99. The Morgan fingerprint density at radius 2 is 1.95 bits per heavy atom. The zero-order chi connectivity index (χ0) is 14.3. The molecule has 0 saturated heterocycles. The van der Waals surface area contributed by atoms with Crippen molar-refractivity contribution in [3.05, 3.63) is 12.2 Å². The van der Waals surface area contributed by atoms with Crippen LogP contribution in [0, 0.1) is 22.2 Å². The van der Waals surface area contributed by atoms with Gasteiger partial charge in [0.2, 0.25) is 0 Å². The van der Waals surface area contributed by atoms with Gasteiger partial charge < -0.3 is 13.5 Å². The fourth-order valence-corrected chi connectivity index (χ4v) is 5.33. The van der Waals surface area contributed by atoms with E-state index < -0.39 is 0 Å². The molecule has 0 N–H and O–H groups in total. The van der Waals surface area contributed by atoms with Crippen LogP contribution in [0.1, 0.15) is 40.5 Å². The molecule has 0 aromatic rings. The Balaban J connectivity index is 0.00000200. The molecule has 0 aromatic carbocycles. The van der Waals surface area contributed by atoms with E-state index in [0.29, 0.717) is 44.2 Å². The minimum atomic E-state index is -0.222. The predicted octanol–water partition coefficient (Wildman–Crippen LogP) is 2.44. The van der Waals surface area contributed by atoms with Crippen LogP contribution in [-0.2, 0) is 25.7 Å². The number of hydrogen-bond acceptors (Lipinski definition) is 4. The van der Waals surface area contributed by atoms with E-state index in [1.807, 2.05) is 6.92 Å². The molecule has 2 unspecified atom stereocenters. The Labute approximate surface area is 155 Å². The number of fused-ring (bicyclic) bond motifs is 1. The molecule has 0 heterocycles. The third-order valence-electron chi connectivity index (χ3n) is 6.11. The molecule has 0 amide bonds. The van der Waals surface area contributed by atoms with Crippen LogP contribution in [0.4, 0.5) is 0 Å². The van der Waals surface area contributed by atoms with Crippen LogP contribution in [0.3, 0.4) is 0 Å². The Morgan fingerprint density at radius 3 is 2.43 bits per heavy atom. The van der Waals surface area contributed by atoms with Gasteiger partial charge in [-0.2, -0.15) is 9.90 Å². The number of hydrogen-bond donors (Lipinski definition) is 0. The summed E-state index contributed by atoms with van der Waals surface area (Å²) in [6.45, 7) is 10.2. The number of thiol groups is 1. The van der Waals surface area contributed by atoms with Crippen molar-refractivity contribution in [2.45, 2.75) is 40.5 Å². The first-order chi connectivity index (χ1) is 8.85. The average Bonchev–Trinajstić information content (AvgIpc) is 2.76. The molecule has 21 heavy (non-hydrogen) atoms. The Hall–Kier alpha value is 0.872. The molecule has 0 radical (unpaired) electrons. The summed E-state index contributed by atoms with van der Waals surface area (Å²) in [5.74, 6) is 0.325. The summed E-state index contributed by atoms with van der Waals surface area (Å²) in [5, 5.41) is 0. The van der Waals surface area contributed by atoms with Crippen LogP contribution in [0.15, 0.2) is 12.2 Å². The SMILES string of the molecule is CCOC(=O)/C=C/C12CC[C@@](C)([C@@H]1C[O][Tl])C2(C)C.P.[SH-]. The van der Waals surface area contributed by atoms with Crippen LogP contribution >= 0.6 is 9.90 Å². The van der Waals surface area contributed by atoms with Crippen molar-refractivity contribution < 1.29 is 12.2 Å². The Morgan fingerprint density at radius 1 is 1.33 bits per heavy atom. The van der Waals surface area contributed by atoms with E-state index in [9.17, 15) is 4.79 Å². The summed E-state index contributed by atoms with van der Waals surface area (Å²) in [5.41, 5.74) is 0.696. The molecular weight excluding hydrogens is 496 g/mol. The summed E-state index contributed by atoms with van der Waals surface area (Å²) in [4.78, 5) is 11.6. The van der Waals surface area contributed by atoms with Gasteiger partial charge in [0.05, 0.1) is 0 Å². The molecule has 0 aromatic heterocycles. The number of carbonyl (C=O) groups is 1. The van der Waals surface area contributed by atoms with Crippen molar-refractivity contribution in [2.75, 3.05) is 13.2 Å². The van der Waals surface area contributed by atoms with Gasteiger partial charge in [-0.1, -0.05) is 0 Å². The summed E-state index contributed by atoms with van der Waals surface area (Å²) < 4.78 is 10.6. The van der Waals surface area contributed by atoms with Crippen LogP contribution in [0.2, 0.25) is 0 Å². The summed E-state index contributed by atoms with van der Waals surface area (Å²) in [7, 11) is 0. The molecule has 4 atom stereocenters. The van der Waals surface area contributed by atoms with Crippen LogP contribution in [0.25, 0.3) is 0 Å². The molecule has 3 saturated carbocycles. The van der Waals surface area contributed by atoms with Crippen molar-refractivity contribution >= 4 is 55.6 Å². The topological polar surface area (TPSA) is 35.5 Å². The van der Waals surface area contributed by atoms with Gasteiger partial charge in [-0.05, 0) is 0 Å². The van der Waals surface area contributed by atoms with Gasteiger partial charge in [-0.3, -0.25) is 0 Å². The fraction of sp³-hybridized carbons (Fsp3) is 0.800. The molecule has 6 heteroatoms. The predicted molar refractivity (Wildman–Crippen MR) is 94.4 cm³/mol. The number of carbonyl (C=O) groups excluding carboxylic acids is 1. The normalized spacial score (nSPS) is 35.5. The first-order valence-electron chi connectivity index (χ1n) is 7.03.